The van der Waals surface area contributed by atoms with Crippen LogP contribution in [0.1, 0.15) is 51.1 Å². The van der Waals surface area contributed by atoms with E-state index < -0.39 is 0 Å². The number of nitrogens with zero attached hydrogens (tertiary/aromatic N) is 2. The van der Waals surface area contributed by atoms with Crippen LogP contribution in [0, 0.1) is 0 Å². The van der Waals surface area contributed by atoms with Gasteiger partial charge in [-0.25, -0.2) is 0 Å². The summed E-state index contributed by atoms with van der Waals surface area (Å²) in [5.74, 6) is 0. The molecule has 0 saturated heterocycles. The third-order valence-electron chi connectivity index (χ3n) is 4.01. The van der Waals surface area contributed by atoms with Crippen LogP contribution in [0.3, 0.4) is 0 Å². The topological polar surface area (TPSA) is 28.2 Å². The molecule has 0 unspecified atom stereocenters. The van der Waals surface area contributed by atoms with Crippen LogP contribution in [0.5, 0.6) is 0 Å². The molecule has 0 atom stereocenters. The van der Waals surface area contributed by atoms with Gasteiger partial charge in [-0.1, -0.05) is 26.2 Å². The maximum atomic E-state index is 4.50. The Hall–Kier alpha value is -1.09. The summed E-state index contributed by atoms with van der Waals surface area (Å²) in [6.45, 7) is 4.18. The molecule has 0 aromatic carbocycles. The molecule has 0 bridgehead atoms. The zero-order valence-electron chi connectivity index (χ0n) is 12.4. The number of aromatic nitrogens is 1. The second kappa shape index (κ2) is 7.49. The molecule has 0 radical (unpaired) electrons. The second-order valence-electron chi connectivity index (χ2n) is 5.67. The third-order valence-corrected chi connectivity index (χ3v) is 4.01. The van der Waals surface area contributed by atoms with Crippen LogP contribution in [0.4, 0.5) is 5.69 Å². The molecule has 1 heterocycles. The molecule has 0 amide bonds. The van der Waals surface area contributed by atoms with Crippen molar-refractivity contribution in [1.82, 2.24) is 9.88 Å². The fourth-order valence-electron chi connectivity index (χ4n) is 2.85. The van der Waals surface area contributed by atoms with Gasteiger partial charge in [0.25, 0.3) is 0 Å². The first kappa shape index (κ1) is 14.3. The molecule has 1 N–H and O–H groups in total. The van der Waals surface area contributed by atoms with Crippen molar-refractivity contribution in [3.8, 4) is 0 Å². The average Bonchev–Trinajstić information content (AvgIpc) is 2.46. The zero-order chi connectivity index (χ0) is 13.5. The van der Waals surface area contributed by atoms with E-state index in [0.717, 1.165) is 25.6 Å². The van der Waals surface area contributed by atoms with E-state index in [1.807, 2.05) is 6.20 Å². The highest BCUT2D eigenvalue weighted by atomic mass is 15.1. The molecule has 2 rings (SSSR count). The summed E-state index contributed by atoms with van der Waals surface area (Å²) in [4.78, 5) is 6.98. The molecular formula is C16H27N3. The van der Waals surface area contributed by atoms with Gasteiger partial charge < -0.3 is 5.32 Å². The summed E-state index contributed by atoms with van der Waals surface area (Å²) in [5.41, 5.74) is 2.37. The smallest absolute Gasteiger partial charge is 0.0564 e. The Morgan fingerprint density at radius 2 is 2.11 bits per heavy atom. The van der Waals surface area contributed by atoms with Gasteiger partial charge in [-0.15, -0.1) is 0 Å². The van der Waals surface area contributed by atoms with Gasteiger partial charge in [0.1, 0.15) is 0 Å². The van der Waals surface area contributed by atoms with E-state index in [2.05, 4.69) is 41.3 Å². The van der Waals surface area contributed by atoms with Gasteiger partial charge in [0.2, 0.25) is 0 Å². The lowest BCUT2D eigenvalue weighted by molar-refractivity contribution is 0.183. The lowest BCUT2D eigenvalue weighted by atomic mass is 9.94. The Bertz CT molecular complexity index is 372. The Balaban J connectivity index is 1.90. The first-order chi connectivity index (χ1) is 9.29. The molecular weight excluding hydrogens is 234 g/mol. The molecule has 1 saturated carbocycles. The molecule has 106 valence electrons. The van der Waals surface area contributed by atoms with Gasteiger partial charge in [0.05, 0.1) is 5.69 Å². The van der Waals surface area contributed by atoms with Crippen LogP contribution in [-0.2, 0) is 6.54 Å². The summed E-state index contributed by atoms with van der Waals surface area (Å²) in [7, 11) is 2.24. The van der Waals surface area contributed by atoms with Crippen LogP contribution in [0.25, 0.3) is 0 Å². The largest absolute Gasteiger partial charge is 0.385 e. The summed E-state index contributed by atoms with van der Waals surface area (Å²) in [6, 6.07) is 5.00. The van der Waals surface area contributed by atoms with E-state index in [9.17, 15) is 0 Å². The van der Waals surface area contributed by atoms with Crippen molar-refractivity contribution in [1.29, 1.82) is 0 Å². The van der Waals surface area contributed by atoms with Gasteiger partial charge in [-0.05, 0) is 38.4 Å². The molecule has 1 aromatic heterocycles. The molecule has 3 heteroatoms. The van der Waals surface area contributed by atoms with Crippen LogP contribution in [0.15, 0.2) is 18.3 Å². The molecule has 1 aromatic rings. The maximum absolute atomic E-state index is 4.50. The summed E-state index contributed by atoms with van der Waals surface area (Å²) in [6.07, 6.45) is 9.97. The summed E-state index contributed by atoms with van der Waals surface area (Å²) in [5, 5.41) is 3.43. The van der Waals surface area contributed by atoms with E-state index in [0.29, 0.717) is 0 Å². The molecule has 1 fully saturated rings. The lowest BCUT2D eigenvalue weighted by Crippen LogP contribution is -2.33. The Morgan fingerprint density at radius 3 is 2.84 bits per heavy atom. The number of pyridine rings is 1. The van der Waals surface area contributed by atoms with Gasteiger partial charge >= 0.3 is 0 Å². The number of rotatable bonds is 6. The fraction of sp³-hybridized carbons (Fsp3) is 0.688. The van der Waals surface area contributed by atoms with Crippen molar-refractivity contribution < 1.29 is 0 Å². The SMILES string of the molecule is CCCNc1ccnc(CN(C)C2CCCCC2)c1. The standard InChI is InChI=1S/C16H27N3/c1-3-10-17-14-9-11-18-15(12-14)13-19(2)16-7-5-4-6-8-16/h9,11-12,16H,3-8,10,13H2,1-2H3,(H,17,18). The lowest BCUT2D eigenvalue weighted by Gasteiger charge is -2.30. The van der Waals surface area contributed by atoms with Gasteiger partial charge in [0.15, 0.2) is 0 Å². The first-order valence-corrected chi connectivity index (χ1v) is 7.68. The minimum atomic E-state index is 0.753. The highest BCUT2D eigenvalue weighted by Crippen LogP contribution is 2.22. The van der Waals surface area contributed by atoms with Crippen molar-refractivity contribution in [2.45, 2.75) is 58.0 Å². The third kappa shape index (κ3) is 4.50. The highest BCUT2D eigenvalue weighted by molar-refractivity contribution is 5.43. The minimum Gasteiger partial charge on any atom is -0.385 e. The van der Waals surface area contributed by atoms with Gasteiger partial charge in [-0.2, -0.15) is 0 Å². The molecule has 0 aliphatic heterocycles. The molecule has 3 nitrogen and oxygen atoms in total. The van der Waals surface area contributed by atoms with Crippen molar-refractivity contribution in [2.75, 3.05) is 18.9 Å². The van der Waals surface area contributed by atoms with Gasteiger partial charge in [-0.3, -0.25) is 9.88 Å². The van der Waals surface area contributed by atoms with E-state index >= 15 is 0 Å². The molecule has 1 aliphatic rings. The van der Waals surface area contributed by atoms with Crippen molar-refractivity contribution in [3.63, 3.8) is 0 Å². The Kier molecular flexibility index (Phi) is 5.64. The molecule has 0 spiro atoms. The Morgan fingerprint density at radius 1 is 1.32 bits per heavy atom. The number of nitrogens with one attached hydrogen (secondary N) is 1. The quantitative estimate of drug-likeness (QED) is 0.847. The summed E-state index contributed by atoms with van der Waals surface area (Å²) < 4.78 is 0. The predicted octanol–water partition coefficient (Wildman–Crippen LogP) is 3.67. The second-order valence-corrected chi connectivity index (χ2v) is 5.67. The highest BCUT2D eigenvalue weighted by Gasteiger charge is 2.18. The molecule has 1 aliphatic carbocycles. The monoisotopic (exact) mass is 261 g/mol. The number of hydrogen-bond donors (Lipinski definition) is 1. The van der Waals surface area contributed by atoms with Crippen molar-refractivity contribution in [3.05, 3.63) is 24.0 Å². The van der Waals surface area contributed by atoms with Crippen LogP contribution in [0.2, 0.25) is 0 Å². The maximum Gasteiger partial charge on any atom is 0.0564 e. The van der Waals surface area contributed by atoms with E-state index in [4.69, 9.17) is 0 Å². The van der Waals surface area contributed by atoms with Crippen molar-refractivity contribution >= 4 is 5.69 Å². The van der Waals surface area contributed by atoms with Crippen LogP contribution in [-0.4, -0.2) is 29.5 Å². The number of hydrogen-bond acceptors (Lipinski definition) is 3. The van der Waals surface area contributed by atoms with Crippen molar-refractivity contribution in [2.24, 2.45) is 0 Å². The zero-order valence-corrected chi connectivity index (χ0v) is 12.4. The minimum absolute atomic E-state index is 0.753. The first-order valence-electron chi connectivity index (χ1n) is 7.68. The van der Waals surface area contributed by atoms with E-state index in [1.54, 1.807) is 0 Å². The molecule has 19 heavy (non-hydrogen) atoms. The average molecular weight is 261 g/mol. The predicted molar refractivity (Wildman–Crippen MR) is 81.4 cm³/mol. The van der Waals surface area contributed by atoms with Crippen LogP contribution >= 0.6 is 0 Å². The van der Waals surface area contributed by atoms with Crippen LogP contribution < -0.4 is 5.32 Å². The number of anilines is 1. The van der Waals surface area contributed by atoms with Gasteiger partial charge in [0, 0.05) is 31.0 Å². The van der Waals surface area contributed by atoms with E-state index in [1.165, 1.54) is 43.5 Å². The summed E-state index contributed by atoms with van der Waals surface area (Å²) >= 11 is 0. The normalized spacial score (nSPS) is 16.8. The Labute approximate surface area is 117 Å². The fourth-order valence-corrected chi connectivity index (χ4v) is 2.85. The van der Waals surface area contributed by atoms with E-state index in [-0.39, 0.29) is 0 Å².